The average Bonchev–Trinajstić information content (AvgIpc) is 3.22. The Morgan fingerprint density at radius 3 is 2.40 bits per heavy atom. The molecule has 0 spiro atoms. The smallest absolute Gasteiger partial charge is 0.330 e. The number of rotatable bonds is 13. The number of aromatic amines is 1. The van der Waals surface area contributed by atoms with E-state index in [1.807, 2.05) is 20.8 Å². The van der Waals surface area contributed by atoms with Crippen molar-refractivity contribution in [3.05, 3.63) is 33.1 Å². The van der Waals surface area contributed by atoms with Gasteiger partial charge in [-0.1, -0.05) is 20.8 Å². The molecule has 0 aromatic carbocycles. The Hall–Kier alpha value is -1.68. The van der Waals surface area contributed by atoms with E-state index in [0.29, 0.717) is 26.2 Å². The molecule has 0 aliphatic carbocycles. The topological polar surface area (TPSA) is 131 Å². The molecule has 2 aliphatic heterocycles. The molecule has 1 N–H and O–H groups in total. The van der Waals surface area contributed by atoms with Crippen LogP contribution >= 0.6 is 8.53 Å². The Labute approximate surface area is 239 Å². The molecule has 2 saturated heterocycles. The van der Waals surface area contributed by atoms with Gasteiger partial charge in [-0.3, -0.25) is 19.2 Å². The first-order chi connectivity index (χ1) is 19.2. The minimum atomic E-state index is -1.61. The normalized spacial score (nSPS) is 26.1. The van der Waals surface area contributed by atoms with Crippen molar-refractivity contribution in [3.63, 3.8) is 0 Å². The van der Waals surface area contributed by atoms with Crippen molar-refractivity contribution in [1.29, 1.82) is 5.26 Å². The molecule has 3 rings (SSSR count). The van der Waals surface area contributed by atoms with Crippen molar-refractivity contribution < 1.29 is 23.3 Å². The third kappa shape index (κ3) is 8.43. The monoisotopic (exact) mass is 585 g/mol. The lowest BCUT2D eigenvalue weighted by molar-refractivity contribution is -0.125. The van der Waals surface area contributed by atoms with Crippen LogP contribution in [0.15, 0.2) is 21.9 Å². The highest BCUT2D eigenvalue weighted by Crippen LogP contribution is 2.53. The molecule has 5 atom stereocenters. The maximum absolute atomic E-state index is 12.8. The van der Waals surface area contributed by atoms with Crippen LogP contribution in [0.25, 0.3) is 0 Å². The quantitative estimate of drug-likeness (QED) is 0.272. The number of hydrogen-bond acceptors (Lipinski definition) is 10. The van der Waals surface area contributed by atoms with Crippen molar-refractivity contribution in [2.75, 3.05) is 46.6 Å². The summed E-state index contributed by atoms with van der Waals surface area (Å²) in [6, 6.07) is 3.64. The van der Waals surface area contributed by atoms with E-state index in [-0.39, 0.29) is 25.1 Å². The van der Waals surface area contributed by atoms with Crippen LogP contribution in [0.3, 0.4) is 0 Å². The van der Waals surface area contributed by atoms with Gasteiger partial charge in [0.2, 0.25) is 0 Å². The molecule has 13 heteroatoms. The lowest BCUT2D eigenvalue weighted by atomic mass is 9.91. The Bertz CT molecular complexity index is 1030. The van der Waals surface area contributed by atoms with Gasteiger partial charge in [-0.25, -0.2) is 9.46 Å². The maximum atomic E-state index is 12.8. The molecule has 2 aliphatic rings. The van der Waals surface area contributed by atoms with Gasteiger partial charge < -0.3 is 23.3 Å². The first-order valence-electron chi connectivity index (χ1n) is 14.2. The highest BCUT2D eigenvalue weighted by Gasteiger charge is 2.58. The fraction of sp³-hybridized carbons (Fsp3) is 0.815. The number of ether oxygens (including phenoxy) is 3. The first kappa shape index (κ1) is 34.5. The molecule has 0 bridgehead atoms. The van der Waals surface area contributed by atoms with E-state index in [4.69, 9.17) is 28.5 Å². The highest BCUT2D eigenvalue weighted by molar-refractivity contribution is 7.44. The minimum Gasteiger partial charge on any atom is -0.379 e. The Morgan fingerprint density at radius 1 is 1.23 bits per heavy atom. The zero-order valence-corrected chi connectivity index (χ0v) is 26.2. The van der Waals surface area contributed by atoms with Crippen LogP contribution in [0, 0.1) is 11.3 Å². The van der Waals surface area contributed by atoms with Gasteiger partial charge in [0.05, 0.1) is 32.3 Å². The number of hydrogen-bond donors (Lipinski definition) is 1. The Kier molecular flexibility index (Phi) is 14.4. The molecule has 0 saturated carbocycles. The molecule has 1 aromatic rings. The third-order valence-corrected chi connectivity index (χ3v) is 9.02. The zero-order valence-electron chi connectivity index (χ0n) is 25.3. The summed E-state index contributed by atoms with van der Waals surface area (Å²) in [6.45, 7) is 17.9. The molecule has 5 unspecified atom stereocenters. The van der Waals surface area contributed by atoms with Gasteiger partial charge in [-0.15, -0.1) is 0 Å². The average molecular weight is 586 g/mol. The zero-order chi connectivity index (χ0) is 29.9. The van der Waals surface area contributed by atoms with Gasteiger partial charge >= 0.3 is 5.69 Å². The SMILES string of the molecule is CC.CCC1(CN2CCOCC2)OC(n2ccc(=O)[nH]c2=O)C(OC)C1OP(OCCC#N)N(C(C)C)C(C)C. The summed E-state index contributed by atoms with van der Waals surface area (Å²) in [5.74, 6) is 0. The number of aromatic nitrogens is 2. The van der Waals surface area contributed by atoms with Crippen LogP contribution in [0.1, 0.15) is 67.5 Å². The van der Waals surface area contributed by atoms with Crippen molar-refractivity contribution in [1.82, 2.24) is 19.1 Å². The summed E-state index contributed by atoms with van der Waals surface area (Å²) in [4.78, 5) is 29.2. The number of nitriles is 1. The van der Waals surface area contributed by atoms with Crippen molar-refractivity contribution in [2.24, 2.45) is 0 Å². The van der Waals surface area contributed by atoms with Gasteiger partial charge in [0.1, 0.15) is 17.8 Å². The van der Waals surface area contributed by atoms with Crippen molar-refractivity contribution >= 4 is 8.53 Å². The van der Waals surface area contributed by atoms with E-state index in [9.17, 15) is 9.59 Å². The predicted molar refractivity (Wildman–Crippen MR) is 154 cm³/mol. The van der Waals surface area contributed by atoms with Gasteiger partial charge in [-0.2, -0.15) is 5.26 Å². The molecular formula is C27H48N5O7P. The van der Waals surface area contributed by atoms with Gasteiger partial charge in [0, 0.05) is 51.1 Å². The van der Waals surface area contributed by atoms with E-state index in [2.05, 4.69) is 48.3 Å². The third-order valence-electron chi connectivity index (χ3n) is 6.91. The van der Waals surface area contributed by atoms with E-state index < -0.39 is 43.8 Å². The maximum Gasteiger partial charge on any atom is 0.330 e. The van der Waals surface area contributed by atoms with Crippen LogP contribution < -0.4 is 11.2 Å². The number of H-pyrrole nitrogens is 1. The molecule has 228 valence electrons. The number of methoxy groups -OCH3 is 1. The molecule has 0 amide bonds. The van der Waals surface area contributed by atoms with Gasteiger partial charge in [0.15, 0.2) is 6.23 Å². The van der Waals surface area contributed by atoms with Gasteiger partial charge in [-0.05, 0) is 34.1 Å². The lowest BCUT2D eigenvalue weighted by Crippen LogP contribution is -2.54. The number of nitrogens with zero attached hydrogens (tertiary/aromatic N) is 4. The predicted octanol–water partition coefficient (Wildman–Crippen LogP) is 3.25. The largest absolute Gasteiger partial charge is 0.379 e. The standard InChI is InChI=1S/C25H42N5O7P.C2H6/c1-7-25(17-28-12-15-34-16-13-28)22(37-38(35-14-8-10-26)30(18(2)3)19(4)5)21(33-6)23(36-25)29-11-9-20(31)27-24(29)32;1-2/h9,11,18-19,21-23H,7-8,12-17H2,1-6H3,(H,27,31,32);1-2H3. The first-order valence-corrected chi connectivity index (χ1v) is 15.4. The lowest BCUT2D eigenvalue weighted by Gasteiger charge is -2.43. The van der Waals surface area contributed by atoms with Crippen LogP contribution in [-0.4, -0.2) is 95.6 Å². The molecule has 40 heavy (non-hydrogen) atoms. The molecule has 2 fully saturated rings. The van der Waals surface area contributed by atoms with Gasteiger partial charge in [0.25, 0.3) is 14.1 Å². The summed E-state index contributed by atoms with van der Waals surface area (Å²) in [5.41, 5.74) is -1.92. The fourth-order valence-electron chi connectivity index (χ4n) is 5.12. The second kappa shape index (κ2) is 16.7. The molecule has 12 nitrogen and oxygen atoms in total. The van der Waals surface area contributed by atoms with E-state index in [1.54, 1.807) is 7.11 Å². The van der Waals surface area contributed by atoms with Crippen LogP contribution in [0.5, 0.6) is 0 Å². The summed E-state index contributed by atoms with van der Waals surface area (Å²) in [7, 11) is -0.0467. The van der Waals surface area contributed by atoms with E-state index in [0.717, 1.165) is 13.1 Å². The van der Waals surface area contributed by atoms with E-state index in [1.165, 1.54) is 16.8 Å². The Balaban J connectivity index is 0.00000274. The Morgan fingerprint density at radius 2 is 1.88 bits per heavy atom. The highest BCUT2D eigenvalue weighted by atomic mass is 31.2. The van der Waals surface area contributed by atoms with Crippen LogP contribution in [0.4, 0.5) is 0 Å². The second-order valence-electron chi connectivity index (χ2n) is 10.1. The van der Waals surface area contributed by atoms with Crippen LogP contribution in [0.2, 0.25) is 0 Å². The number of morpholine rings is 1. The van der Waals surface area contributed by atoms with Crippen molar-refractivity contribution in [2.45, 2.75) is 97.4 Å². The summed E-state index contributed by atoms with van der Waals surface area (Å²) >= 11 is 0. The molecule has 1 aromatic heterocycles. The fourth-order valence-corrected chi connectivity index (χ4v) is 6.93. The summed E-state index contributed by atoms with van der Waals surface area (Å²) < 4.78 is 34.9. The summed E-state index contributed by atoms with van der Waals surface area (Å²) in [5, 5.41) is 9.12. The second-order valence-corrected chi connectivity index (χ2v) is 11.5. The van der Waals surface area contributed by atoms with Crippen molar-refractivity contribution in [3.8, 4) is 6.07 Å². The number of nitrogens with one attached hydrogen (secondary N) is 1. The van der Waals surface area contributed by atoms with E-state index >= 15 is 0 Å². The molecule has 3 heterocycles. The van der Waals surface area contributed by atoms with Crippen LogP contribution in [-0.2, 0) is 23.3 Å². The molecule has 0 radical (unpaired) electrons. The summed E-state index contributed by atoms with van der Waals surface area (Å²) in [6.07, 6.45) is 0.119. The molecular weight excluding hydrogens is 537 g/mol. The minimum absolute atomic E-state index is 0.111.